The predicted octanol–water partition coefficient (Wildman–Crippen LogP) is 4.76. The highest BCUT2D eigenvalue weighted by molar-refractivity contribution is 7.15. The zero-order chi connectivity index (χ0) is 21.9. The summed E-state index contributed by atoms with van der Waals surface area (Å²) < 4.78 is 5.44. The Hall–Kier alpha value is -3.04. The number of nitrogens with one attached hydrogen (secondary N) is 1. The minimum absolute atomic E-state index is 0.0692. The van der Waals surface area contributed by atoms with Crippen molar-refractivity contribution in [1.82, 2.24) is 20.5 Å². The van der Waals surface area contributed by atoms with E-state index in [4.69, 9.17) is 4.42 Å². The van der Waals surface area contributed by atoms with Crippen molar-refractivity contribution in [3.05, 3.63) is 58.6 Å². The number of hydrogen-bond donors (Lipinski definition) is 1. The Balaban J connectivity index is 1.20. The van der Waals surface area contributed by atoms with E-state index >= 15 is 0 Å². The van der Waals surface area contributed by atoms with Crippen LogP contribution in [0.3, 0.4) is 0 Å². The number of nitrogens with zero attached hydrogens (tertiary/aromatic N) is 4. The van der Waals surface area contributed by atoms with Crippen molar-refractivity contribution >= 4 is 34.4 Å². The Morgan fingerprint density at radius 3 is 2.94 bits per heavy atom. The Labute approximate surface area is 194 Å². The van der Waals surface area contributed by atoms with Gasteiger partial charge in [0.2, 0.25) is 5.91 Å². The number of amides is 1. The second kappa shape index (κ2) is 9.22. The number of hydrogen-bond acceptors (Lipinski definition) is 8. The highest BCUT2D eigenvalue weighted by Crippen LogP contribution is 2.29. The molecule has 1 aliphatic heterocycles. The molecule has 1 saturated heterocycles. The second-order valence-corrected chi connectivity index (χ2v) is 9.79. The molecule has 1 unspecified atom stereocenters. The maximum absolute atomic E-state index is 12.9. The lowest BCUT2D eigenvalue weighted by Crippen LogP contribution is -2.43. The molecule has 0 aliphatic carbocycles. The molecule has 7 nitrogen and oxygen atoms in total. The molecular formula is C23H23N5O2S2. The number of carbonyl (C=O) groups excluding carboxylic acids is 1. The van der Waals surface area contributed by atoms with Crippen molar-refractivity contribution < 1.29 is 9.21 Å². The molecule has 1 fully saturated rings. The Kier molecular flexibility index (Phi) is 6.00. The molecule has 1 aliphatic rings. The zero-order valence-corrected chi connectivity index (χ0v) is 19.3. The van der Waals surface area contributed by atoms with Gasteiger partial charge in [0.1, 0.15) is 5.69 Å². The van der Waals surface area contributed by atoms with Crippen molar-refractivity contribution in [1.29, 1.82) is 0 Å². The lowest BCUT2D eigenvalue weighted by Gasteiger charge is -2.32. The normalized spacial score (nSPS) is 16.3. The summed E-state index contributed by atoms with van der Waals surface area (Å²) in [6, 6.07) is 11.8. The van der Waals surface area contributed by atoms with Crippen molar-refractivity contribution in [2.24, 2.45) is 5.92 Å². The molecule has 0 bridgehead atoms. The van der Waals surface area contributed by atoms with E-state index in [1.807, 2.05) is 48.7 Å². The Morgan fingerprint density at radius 1 is 1.25 bits per heavy atom. The third kappa shape index (κ3) is 4.44. The van der Waals surface area contributed by atoms with Gasteiger partial charge >= 0.3 is 0 Å². The number of carbonyl (C=O) groups is 1. The van der Waals surface area contributed by atoms with Gasteiger partial charge in [-0.05, 0) is 55.5 Å². The summed E-state index contributed by atoms with van der Waals surface area (Å²) in [5.74, 6) is 1.58. The molecular weight excluding hydrogens is 442 g/mol. The highest BCUT2D eigenvalue weighted by atomic mass is 32.1. The standard InChI is InChI=1S/C23H23N5O2S2/c1-15-20(32-23(25-15)18-6-3-11-30-18)13-24-22(29)16-5-2-10-28(14-16)21-9-8-17(26-27-21)19-7-4-12-31-19/h3-4,6-9,11-12,16H,2,5,10,13-14H2,1H3,(H,24,29). The van der Waals surface area contributed by atoms with Crippen LogP contribution in [-0.4, -0.2) is 34.2 Å². The largest absolute Gasteiger partial charge is 0.462 e. The molecule has 0 saturated carbocycles. The molecule has 164 valence electrons. The molecule has 1 atom stereocenters. The number of rotatable bonds is 6. The molecule has 1 amide bonds. The Bertz CT molecular complexity index is 1170. The molecule has 0 aromatic carbocycles. The fourth-order valence-electron chi connectivity index (χ4n) is 3.86. The average Bonchev–Trinajstić information content (AvgIpc) is 3.60. The third-order valence-electron chi connectivity index (χ3n) is 5.59. The van der Waals surface area contributed by atoms with Gasteiger partial charge in [-0.15, -0.1) is 32.9 Å². The first kappa shape index (κ1) is 20.8. The SMILES string of the molecule is Cc1nc(-c2ccco2)sc1CNC(=O)C1CCCN(c2ccc(-c3cccs3)nn2)C1. The van der Waals surface area contributed by atoms with E-state index in [-0.39, 0.29) is 11.8 Å². The fraction of sp³-hybridized carbons (Fsp3) is 0.304. The number of piperidine rings is 1. The van der Waals surface area contributed by atoms with Crippen LogP contribution < -0.4 is 10.2 Å². The Morgan fingerprint density at radius 2 is 2.19 bits per heavy atom. The van der Waals surface area contributed by atoms with Gasteiger partial charge < -0.3 is 14.6 Å². The van der Waals surface area contributed by atoms with E-state index in [1.165, 1.54) is 0 Å². The third-order valence-corrected chi connectivity index (χ3v) is 7.65. The molecule has 0 spiro atoms. The number of furan rings is 1. The van der Waals surface area contributed by atoms with E-state index in [0.29, 0.717) is 13.1 Å². The first-order valence-corrected chi connectivity index (χ1v) is 12.3. The first-order chi connectivity index (χ1) is 15.7. The van der Waals surface area contributed by atoms with Crippen molar-refractivity contribution in [2.75, 3.05) is 18.0 Å². The first-order valence-electron chi connectivity index (χ1n) is 10.6. The van der Waals surface area contributed by atoms with Crippen molar-refractivity contribution in [2.45, 2.75) is 26.3 Å². The summed E-state index contributed by atoms with van der Waals surface area (Å²) in [5, 5.41) is 14.8. The van der Waals surface area contributed by atoms with Gasteiger partial charge in [0, 0.05) is 18.0 Å². The van der Waals surface area contributed by atoms with Crippen molar-refractivity contribution in [3.8, 4) is 21.3 Å². The molecule has 32 heavy (non-hydrogen) atoms. The number of thiazole rings is 1. The highest BCUT2D eigenvalue weighted by Gasteiger charge is 2.27. The van der Waals surface area contributed by atoms with Crippen LogP contribution in [0, 0.1) is 12.8 Å². The summed E-state index contributed by atoms with van der Waals surface area (Å²) in [6.07, 6.45) is 3.47. The van der Waals surface area contributed by atoms with E-state index in [2.05, 4.69) is 25.4 Å². The summed E-state index contributed by atoms with van der Waals surface area (Å²) >= 11 is 3.21. The van der Waals surface area contributed by atoms with Crippen LogP contribution >= 0.6 is 22.7 Å². The molecule has 0 radical (unpaired) electrons. The van der Waals surface area contributed by atoms with Gasteiger partial charge in [-0.25, -0.2) is 4.98 Å². The van der Waals surface area contributed by atoms with Crippen LogP contribution in [0.25, 0.3) is 21.3 Å². The van der Waals surface area contributed by atoms with Gasteiger partial charge in [-0.2, -0.15) is 0 Å². The fourth-order valence-corrected chi connectivity index (χ4v) is 5.52. The number of aryl methyl sites for hydroxylation is 1. The summed E-state index contributed by atoms with van der Waals surface area (Å²) in [7, 11) is 0. The van der Waals surface area contributed by atoms with Crippen LogP contribution in [-0.2, 0) is 11.3 Å². The molecule has 4 aromatic rings. The summed E-state index contributed by atoms with van der Waals surface area (Å²) in [6.45, 7) is 3.98. The van der Waals surface area contributed by atoms with Gasteiger partial charge in [0.05, 0.1) is 29.3 Å². The molecule has 5 heterocycles. The van der Waals surface area contributed by atoms with Crippen LogP contribution in [0.15, 0.2) is 52.5 Å². The van der Waals surface area contributed by atoms with Crippen LogP contribution in [0.5, 0.6) is 0 Å². The molecule has 9 heteroatoms. The zero-order valence-electron chi connectivity index (χ0n) is 17.7. The summed E-state index contributed by atoms with van der Waals surface area (Å²) in [5.41, 5.74) is 1.80. The van der Waals surface area contributed by atoms with Crippen LogP contribution in [0.4, 0.5) is 5.82 Å². The van der Waals surface area contributed by atoms with Gasteiger partial charge in [-0.1, -0.05) is 6.07 Å². The average molecular weight is 466 g/mol. The minimum Gasteiger partial charge on any atom is -0.462 e. The lowest BCUT2D eigenvalue weighted by atomic mass is 9.97. The monoisotopic (exact) mass is 465 g/mol. The topological polar surface area (TPSA) is 84.2 Å². The van der Waals surface area contributed by atoms with Gasteiger partial charge in [0.15, 0.2) is 16.6 Å². The molecule has 1 N–H and O–H groups in total. The van der Waals surface area contributed by atoms with E-state index < -0.39 is 0 Å². The quantitative estimate of drug-likeness (QED) is 0.442. The predicted molar refractivity (Wildman–Crippen MR) is 127 cm³/mol. The smallest absolute Gasteiger partial charge is 0.225 e. The molecule has 5 rings (SSSR count). The number of aromatic nitrogens is 3. The minimum atomic E-state index is -0.0692. The number of thiophene rings is 1. The van der Waals surface area contributed by atoms with Gasteiger partial charge in [0.25, 0.3) is 0 Å². The molecule has 4 aromatic heterocycles. The van der Waals surface area contributed by atoms with Crippen molar-refractivity contribution in [3.63, 3.8) is 0 Å². The summed E-state index contributed by atoms with van der Waals surface area (Å²) in [4.78, 5) is 21.8. The lowest BCUT2D eigenvalue weighted by molar-refractivity contribution is -0.125. The maximum Gasteiger partial charge on any atom is 0.225 e. The van der Waals surface area contributed by atoms with E-state index in [9.17, 15) is 4.79 Å². The van der Waals surface area contributed by atoms with Crippen LogP contribution in [0.1, 0.15) is 23.4 Å². The number of anilines is 1. The van der Waals surface area contributed by atoms with Gasteiger partial charge in [-0.3, -0.25) is 4.79 Å². The van der Waals surface area contributed by atoms with Crippen LogP contribution in [0.2, 0.25) is 0 Å². The maximum atomic E-state index is 12.9. The van der Waals surface area contributed by atoms with E-state index in [1.54, 1.807) is 28.9 Å². The van der Waals surface area contributed by atoms with E-state index in [0.717, 1.165) is 57.1 Å². The second-order valence-electron chi connectivity index (χ2n) is 7.76.